The van der Waals surface area contributed by atoms with Gasteiger partial charge in [0.1, 0.15) is 5.82 Å². The SMILES string of the molecule is CC(C)(CC(=O)Nc1ccc(Br)c(F)c1)C(=O)O. The van der Waals surface area contributed by atoms with Crippen molar-refractivity contribution in [1.82, 2.24) is 0 Å². The molecular weight excluding hydrogens is 305 g/mol. The summed E-state index contributed by atoms with van der Waals surface area (Å²) in [5.41, 5.74) is -0.861. The number of nitrogens with one attached hydrogen (secondary N) is 1. The van der Waals surface area contributed by atoms with Crippen molar-refractivity contribution in [3.8, 4) is 0 Å². The van der Waals surface area contributed by atoms with E-state index in [0.29, 0.717) is 10.2 Å². The van der Waals surface area contributed by atoms with Crippen molar-refractivity contribution in [1.29, 1.82) is 0 Å². The zero-order valence-electron chi connectivity index (χ0n) is 9.96. The van der Waals surface area contributed by atoms with Gasteiger partial charge in [-0.15, -0.1) is 0 Å². The molecule has 0 unspecified atom stereocenters. The Balaban J connectivity index is 2.71. The van der Waals surface area contributed by atoms with E-state index in [1.54, 1.807) is 0 Å². The normalized spacial score (nSPS) is 11.1. The van der Waals surface area contributed by atoms with E-state index in [2.05, 4.69) is 21.2 Å². The molecule has 2 N–H and O–H groups in total. The number of aliphatic carboxylic acids is 1. The highest BCUT2D eigenvalue weighted by molar-refractivity contribution is 9.10. The van der Waals surface area contributed by atoms with Crippen LogP contribution in [0, 0.1) is 11.2 Å². The Labute approximate surface area is 112 Å². The lowest BCUT2D eigenvalue weighted by molar-refractivity contribution is -0.148. The van der Waals surface area contributed by atoms with Gasteiger partial charge in [0.15, 0.2) is 0 Å². The molecule has 1 aromatic rings. The van der Waals surface area contributed by atoms with E-state index in [1.807, 2.05) is 0 Å². The predicted octanol–water partition coefficient (Wildman–Crippen LogP) is 3.03. The fraction of sp³-hybridized carbons (Fsp3) is 0.333. The maximum atomic E-state index is 13.2. The summed E-state index contributed by atoms with van der Waals surface area (Å²) in [5, 5.41) is 11.3. The van der Waals surface area contributed by atoms with Gasteiger partial charge in [-0.25, -0.2) is 4.39 Å². The number of hydrogen-bond donors (Lipinski definition) is 2. The molecule has 0 bridgehead atoms. The fourth-order valence-electron chi connectivity index (χ4n) is 1.26. The van der Waals surface area contributed by atoms with Crippen LogP contribution in [0.1, 0.15) is 20.3 Å². The van der Waals surface area contributed by atoms with Gasteiger partial charge in [0, 0.05) is 12.1 Å². The second kappa shape index (κ2) is 5.48. The number of hydrogen-bond acceptors (Lipinski definition) is 2. The lowest BCUT2D eigenvalue weighted by Gasteiger charge is -2.18. The summed E-state index contributed by atoms with van der Waals surface area (Å²) >= 11 is 3.00. The molecule has 4 nitrogen and oxygen atoms in total. The number of halogens is 2. The van der Waals surface area contributed by atoms with Crippen LogP contribution in [0.3, 0.4) is 0 Å². The number of amides is 1. The van der Waals surface area contributed by atoms with Crippen molar-refractivity contribution in [2.75, 3.05) is 5.32 Å². The minimum Gasteiger partial charge on any atom is -0.481 e. The number of carboxylic acid groups (broad SMARTS) is 1. The van der Waals surface area contributed by atoms with E-state index in [9.17, 15) is 14.0 Å². The number of carbonyl (C=O) groups excluding carboxylic acids is 1. The van der Waals surface area contributed by atoms with E-state index in [-0.39, 0.29) is 6.42 Å². The molecule has 0 fully saturated rings. The van der Waals surface area contributed by atoms with E-state index in [1.165, 1.54) is 26.0 Å². The molecule has 0 aliphatic heterocycles. The molecule has 0 atom stereocenters. The molecule has 6 heteroatoms. The molecule has 0 aliphatic rings. The molecule has 0 heterocycles. The third-order valence-electron chi connectivity index (χ3n) is 2.38. The summed E-state index contributed by atoms with van der Waals surface area (Å²) in [5.74, 6) is -2.02. The minimum absolute atomic E-state index is 0.181. The highest BCUT2D eigenvalue weighted by Gasteiger charge is 2.30. The Morgan fingerprint density at radius 2 is 2.06 bits per heavy atom. The van der Waals surface area contributed by atoms with E-state index >= 15 is 0 Å². The Morgan fingerprint density at radius 1 is 1.44 bits per heavy atom. The average Bonchev–Trinajstić information content (AvgIpc) is 2.22. The van der Waals surface area contributed by atoms with Crippen LogP contribution in [0.15, 0.2) is 22.7 Å². The van der Waals surface area contributed by atoms with Crippen molar-refractivity contribution in [2.45, 2.75) is 20.3 Å². The Morgan fingerprint density at radius 3 is 2.56 bits per heavy atom. The van der Waals surface area contributed by atoms with Crippen LogP contribution < -0.4 is 5.32 Å². The van der Waals surface area contributed by atoms with Gasteiger partial charge in [0.05, 0.1) is 9.89 Å². The summed E-state index contributed by atoms with van der Waals surface area (Å²) in [6, 6.07) is 4.15. The third kappa shape index (κ3) is 3.80. The topological polar surface area (TPSA) is 66.4 Å². The van der Waals surface area contributed by atoms with Crippen molar-refractivity contribution in [3.63, 3.8) is 0 Å². The van der Waals surface area contributed by atoms with Gasteiger partial charge < -0.3 is 10.4 Å². The van der Waals surface area contributed by atoms with Crippen molar-refractivity contribution >= 4 is 33.5 Å². The summed E-state index contributed by atoms with van der Waals surface area (Å²) in [7, 11) is 0. The molecule has 0 saturated carbocycles. The summed E-state index contributed by atoms with van der Waals surface area (Å²) in [6.45, 7) is 2.91. The van der Waals surface area contributed by atoms with Crippen molar-refractivity contribution in [3.05, 3.63) is 28.5 Å². The van der Waals surface area contributed by atoms with Crippen LogP contribution in [0.2, 0.25) is 0 Å². The van der Waals surface area contributed by atoms with Gasteiger partial charge in [-0.05, 0) is 48.0 Å². The Kier molecular flexibility index (Phi) is 4.45. The zero-order valence-corrected chi connectivity index (χ0v) is 11.5. The maximum absolute atomic E-state index is 13.2. The molecule has 98 valence electrons. The van der Waals surface area contributed by atoms with Gasteiger partial charge in [-0.2, -0.15) is 0 Å². The van der Waals surface area contributed by atoms with Crippen LogP contribution in [0.25, 0.3) is 0 Å². The molecule has 1 rings (SSSR count). The van der Waals surface area contributed by atoms with Gasteiger partial charge in [-0.3, -0.25) is 9.59 Å². The second-order valence-electron chi connectivity index (χ2n) is 4.54. The molecule has 0 saturated heterocycles. The Bertz CT molecular complexity index is 488. The molecular formula is C12H13BrFNO3. The van der Waals surface area contributed by atoms with Crippen molar-refractivity contribution < 1.29 is 19.1 Å². The van der Waals surface area contributed by atoms with Crippen LogP contribution in [0.5, 0.6) is 0 Å². The van der Waals surface area contributed by atoms with Crippen LogP contribution in [0.4, 0.5) is 10.1 Å². The smallest absolute Gasteiger partial charge is 0.309 e. The van der Waals surface area contributed by atoms with Gasteiger partial charge in [0.2, 0.25) is 5.91 Å². The first-order valence-corrected chi connectivity index (χ1v) is 6.00. The molecule has 1 amide bonds. The van der Waals surface area contributed by atoms with E-state index in [0.717, 1.165) is 6.07 Å². The monoisotopic (exact) mass is 317 g/mol. The van der Waals surface area contributed by atoms with Gasteiger partial charge in [-0.1, -0.05) is 0 Å². The lowest BCUT2D eigenvalue weighted by atomic mass is 9.89. The van der Waals surface area contributed by atoms with Gasteiger partial charge >= 0.3 is 5.97 Å². The number of carbonyl (C=O) groups is 2. The highest BCUT2D eigenvalue weighted by Crippen LogP contribution is 2.23. The lowest BCUT2D eigenvalue weighted by Crippen LogP contribution is -2.29. The second-order valence-corrected chi connectivity index (χ2v) is 5.40. The summed E-state index contributed by atoms with van der Waals surface area (Å²) < 4.78 is 13.5. The summed E-state index contributed by atoms with van der Waals surface area (Å²) in [4.78, 5) is 22.5. The number of anilines is 1. The predicted molar refractivity (Wildman–Crippen MR) is 68.8 cm³/mol. The first-order valence-electron chi connectivity index (χ1n) is 5.20. The standard InChI is InChI=1S/C12H13BrFNO3/c1-12(2,11(17)18)6-10(16)15-7-3-4-8(13)9(14)5-7/h3-5H,6H2,1-2H3,(H,15,16)(H,17,18). The summed E-state index contributed by atoms with van der Waals surface area (Å²) in [6.07, 6.45) is -0.181. The van der Waals surface area contributed by atoms with E-state index < -0.39 is 23.1 Å². The first-order chi connectivity index (χ1) is 8.22. The maximum Gasteiger partial charge on any atom is 0.309 e. The molecule has 0 spiro atoms. The molecule has 0 radical (unpaired) electrons. The van der Waals surface area contributed by atoms with Crippen molar-refractivity contribution in [2.24, 2.45) is 5.41 Å². The molecule has 0 aromatic heterocycles. The average molecular weight is 318 g/mol. The quantitative estimate of drug-likeness (QED) is 0.897. The third-order valence-corrected chi connectivity index (χ3v) is 3.03. The molecule has 18 heavy (non-hydrogen) atoms. The Hall–Kier alpha value is -1.43. The first kappa shape index (κ1) is 14.6. The van der Waals surface area contributed by atoms with E-state index in [4.69, 9.17) is 5.11 Å². The van der Waals surface area contributed by atoms with Crippen LogP contribution in [-0.2, 0) is 9.59 Å². The number of carboxylic acids is 1. The largest absolute Gasteiger partial charge is 0.481 e. The fourth-order valence-corrected chi connectivity index (χ4v) is 1.50. The molecule has 1 aromatic carbocycles. The number of benzene rings is 1. The molecule has 0 aliphatic carbocycles. The van der Waals surface area contributed by atoms with Crippen LogP contribution in [-0.4, -0.2) is 17.0 Å². The highest BCUT2D eigenvalue weighted by atomic mass is 79.9. The zero-order chi connectivity index (χ0) is 13.9. The minimum atomic E-state index is -1.15. The van der Waals surface area contributed by atoms with Crippen LogP contribution >= 0.6 is 15.9 Å². The van der Waals surface area contributed by atoms with Gasteiger partial charge in [0.25, 0.3) is 0 Å². The number of rotatable bonds is 4.